The third-order valence-corrected chi connectivity index (χ3v) is 5.12. The molecule has 2 rings (SSSR count). The van der Waals surface area contributed by atoms with Crippen LogP contribution in [-0.4, -0.2) is 18.3 Å². The summed E-state index contributed by atoms with van der Waals surface area (Å²) in [5.41, 5.74) is 0.751. The normalized spacial score (nSPS) is 20.5. The van der Waals surface area contributed by atoms with E-state index in [1.54, 1.807) is 0 Å². The first-order valence-electron chi connectivity index (χ1n) is 7.62. The zero-order valence-electron chi connectivity index (χ0n) is 14.7. The van der Waals surface area contributed by atoms with Gasteiger partial charge in [0.05, 0.1) is 16.2 Å². The Bertz CT molecular complexity index is 590. The Balaban J connectivity index is 2.54. The van der Waals surface area contributed by atoms with Crippen LogP contribution in [0.2, 0.25) is 5.02 Å². The van der Waals surface area contributed by atoms with Gasteiger partial charge in [-0.1, -0.05) is 38.4 Å². The van der Waals surface area contributed by atoms with Crippen LogP contribution >= 0.6 is 11.6 Å². The predicted molar refractivity (Wildman–Crippen MR) is 90.6 cm³/mol. The van der Waals surface area contributed by atoms with Gasteiger partial charge in [-0.3, -0.25) is 0 Å². The summed E-state index contributed by atoms with van der Waals surface area (Å²) in [6, 6.07) is 1.94. The topological polar surface area (TPSA) is 18.5 Å². The number of hydrogen-bond acceptors (Lipinski definition) is 2. The Morgan fingerprint density at radius 2 is 1.55 bits per heavy atom. The molecular weight excluding hydrogens is 301 g/mol. The molecule has 0 aromatic heterocycles. The Labute approximate surface area is 138 Å². The van der Waals surface area contributed by atoms with Crippen molar-refractivity contribution in [3.05, 3.63) is 28.0 Å². The molecule has 0 spiro atoms. The quantitative estimate of drug-likeness (QED) is 0.713. The molecule has 0 atom stereocenters. The lowest BCUT2D eigenvalue weighted by molar-refractivity contribution is 0.00578. The van der Waals surface area contributed by atoms with Gasteiger partial charge in [0, 0.05) is 5.46 Å². The number of rotatable bonds is 1. The number of halogens is 2. The first-order chi connectivity index (χ1) is 9.78. The van der Waals surface area contributed by atoms with Crippen molar-refractivity contribution in [1.82, 2.24) is 0 Å². The first-order valence-corrected chi connectivity index (χ1v) is 8.00. The highest BCUT2D eigenvalue weighted by molar-refractivity contribution is 6.63. The van der Waals surface area contributed by atoms with Gasteiger partial charge in [0.1, 0.15) is 5.82 Å². The smallest absolute Gasteiger partial charge is 0.399 e. The van der Waals surface area contributed by atoms with Crippen LogP contribution in [-0.2, 0) is 14.7 Å². The van der Waals surface area contributed by atoms with Crippen molar-refractivity contribution >= 4 is 24.2 Å². The maximum atomic E-state index is 14.9. The van der Waals surface area contributed by atoms with Gasteiger partial charge in [0.2, 0.25) is 0 Å². The van der Waals surface area contributed by atoms with Gasteiger partial charge >= 0.3 is 7.12 Å². The highest BCUT2D eigenvalue weighted by Gasteiger charge is 2.53. The molecule has 122 valence electrons. The van der Waals surface area contributed by atoms with Crippen molar-refractivity contribution in [2.75, 3.05) is 0 Å². The van der Waals surface area contributed by atoms with Crippen molar-refractivity contribution in [2.45, 2.75) is 72.0 Å². The van der Waals surface area contributed by atoms with E-state index in [-0.39, 0.29) is 10.4 Å². The summed E-state index contributed by atoms with van der Waals surface area (Å²) in [5.74, 6) is -0.440. The minimum Gasteiger partial charge on any atom is -0.399 e. The van der Waals surface area contributed by atoms with E-state index in [2.05, 4.69) is 0 Å². The Kier molecular flexibility index (Phi) is 4.22. The Morgan fingerprint density at radius 1 is 1.09 bits per heavy atom. The second-order valence-corrected chi connectivity index (χ2v) is 8.50. The highest BCUT2D eigenvalue weighted by Crippen LogP contribution is 2.38. The molecule has 1 aromatic carbocycles. The molecule has 1 fully saturated rings. The SMILES string of the molecule is Cc1cc(C(C)(C)C)c(Cl)c(F)c1B1OC(C)(C)C(C)(C)O1. The molecule has 0 unspecified atom stereocenters. The maximum Gasteiger partial charge on any atom is 0.498 e. The lowest BCUT2D eigenvalue weighted by atomic mass is 9.73. The minimum absolute atomic E-state index is 0.155. The molecule has 2 nitrogen and oxygen atoms in total. The van der Waals surface area contributed by atoms with Gasteiger partial charge in [0.15, 0.2) is 0 Å². The van der Waals surface area contributed by atoms with Crippen LogP contribution in [0.25, 0.3) is 0 Å². The number of hydrogen-bond donors (Lipinski definition) is 0. The zero-order chi connectivity index (χ0) is 17.1. The molecule has 0 N–H and O–H groups in total. The third kappa shape index (κ3) is 2.81. The van der Waals surface area contributed by atoms with Crippen LogP contribution < -0.4 is 5.46 Å². The number of benzene rings is 1. The molecule has 1 aliphatic rings. The molecule has 1 aromatic rings. The van der Waals surface area contributed by atoms with Crippen LogP contribution in [0.1, 0.15) is 59.6 Å². The Hall–Kier alpha value is -0.575. The fourth-order valence-corrected chi connectivity index (χ4v) is 3.00. The van der Waals surface area contributed by atoms with E-state index in [4.69, 9.17) is 20.9 Å². The fourth-order valence-electron chi connectivity index (χ4n) is 2.56. The molecule has 1 saturated heterocycles. The third-order valence-electron chi connectivity index (χ3n) is 4.75. The zero-order valence-corrected chi connectivity index (χ0v) is 15.5. The van der Waals surface area contributed by atoms with E-state index in [1.165, 1.54) is 0 Å². The standard InChI is InChI=1S/C17H25BClFO2/c1-10-9-11(15(2,3)4)13(19)14(20)12(10)18-21-16(5,6)17(7,8)22-18/h9H,1-8H3. The van der Waals surface area contributed by atoms with Crippen LogP contribution in [0.5, 0.6) is 0 Å². The lowest BCUT2D eigenvalue weighted by Gasteiger charge is -2.32. The summed E-state index contributed by atoms with van der Waals surface area (Å²) < 4.78 is 26.9. The summed E-state index contributed by atoms with van der Waals surface area (Å²) >= 11 is 6.29. The van der Waals surface area contributed by atoms with E-state index in [1.807, 2.05) is 61.5 Å². The fraction of sp³-hybridized carbons (Fsp3) is 0.647. The van der Waals surface area contributed by atoms with Crippen molar-refractivity contribution in [3.63, 3.8) is 0 Å². The molecule has 1 aliphatic heterocycles. The van der Waals surface area contributed by atoms with E-state index >= 15 is 0 Å². The average molecular weight is 327 g/mol. The lowest BCUT2D eigenvalue weighted by Crippen LogP contribution is -2.41. The minimum atomic E-state index is -0.739. The molecule has 22 heavy (non-hydrogen) atoms. The summed E-state index contributed by atoms with van der Waals surface area (Å²) in [7, 11) is -0.739. The molecule has 5 heteroatoms. The van der Waals surface area contributed by atoms with Gasteiger partial charge in [-0.25, -0.2) is 4.39 Å². The van der Waals surface area contributed by atoms with Gasteiger partial charge in [0.25, 0.3) is 0 Å². The van der Waals surface area contributed by atoms with Crippen LogP contribution in [0.15, 0.2) is 6.07 Å². The summed E-state index contributed by atoms with van der Waals surface area (Å²) in [4.78, 5) is 0. The van der Waals surface area contributed by atoms with Crippen LogP contribution in [0.3, 0.4) is 0 Å². The van der Waals surface area contributed by atoms with Crippen molar-refractivity contribution in [3.8, 4) is 0 Å². The highest BCUT2D eigenvalue weighted by atomic mass is 35.5. The van der Waals surface area contributed by atoms with E-state index in [0.29, 0.717) is 5.46 Å². The molecule has 0 radical (unpaired) electrons. The van der Waals surface area contributed by atoms with E-state index in [9.17, 15) is 4.39 Å². The second kappa shape index (κ2) is 5.22. The summed E-state index contributed by atoms with van der Waals surface area (Å²) in [5, 5.41) is 0.155. The van der Waals surface area contributed by atoms with Crippen LogP contribution in [0, 0.1) is 12.7 Å². The van der Waals surface area contributed by atoms with Crippen LogP contribution in [0.4, 0.5) is 4.39 Å². The van der Waals surface area contributed by atoms with Gasteiger partial charge in [-0.2, -0.15) is 0 Å². The van der Waals surface area contributed by atoms with Crippen molar-refractivity contribution < 1.29 is 13.7 Å². The molecule has 1 heterocycles. The van der Waals surface area contributed by atoms with E-state index in [0.717, 1.165) is 11.1 Å². The van der Waals surface area contributed by atoms with Crippen molar-refractivity contribution in [2.24, 2.45) is 0 Å². The Morgan fingerprint density at radius 3 is 1.95 bits per heavy atom. The summed E-state index contributed by atoms with van der Waals surface area (Å²) in [6.45, 7) is 15.7. The second-order valence-electron chi connectivity index (χ2n) is 8.12. The van der Waals surface area contributed by atoms with Gasteiger partial charge in [-0.05, 0) is 51.2 Å². The largest absolute Gasteiger partial charge is 0.498 e. The molecular formula is C17H25BClFO2. The number of aryl methyl sites for hydroxylation is 1. The molecule has 0 saturated carbocycles. The first kappa shape index (κ1) is 17.8. The monoisotopic (exact) mass is 326 g/mol. The van der Waals surface area contributed by atoms with Gasteiger partial charge in [-0.15, -0.1) is 0 Å². The predicted octanol–water partition coefficient (Wildman–Crippen LogP) is 4.38. The maximum absolute atomic E-state index is 14.9. The average Bonchev–Trinajstić information content (AvgIpc) is 2.51. The molecule has 0 aliphatic carbocycles. The van der Waals surface area contributed by atoms with E-state index < -0.39 is 24.1 Å². The van der Waals surface area contributed by atoms with Gasteiger partial charge < -0.3 is 9.31 Å². The van der Waals surface area contributed by atoms with Crippen molar-refractivity contribution in [1.29, 1.82) is 0 Å². The molecule has 0 bridgehead atoms. The molecule has 0 amide bonds. The summed E-state index contributed by atoms with van der Waals surface area (Å²) in [6.07, 6.45) is 0.